The van der Waals surface area contributed by atoms with Crippen LogP contribution >= 0.6 is 0 Å². The van der Waals surface area contributed by atoms with E-state index in [9.17, 15) is 29.4 Å². The van der Waals surface area contributed by atoms with E-state index in [1.807, 2.05) is 26.2 Å². The summed E-state index contributed by atoms with van der Waals surface area (Å²) in [5.74, 6) is -2.47. The Morgan fingerprint density at radius 3 is 1.03 bits per heavy atom. The van der Waals surface area contributed by atoms with E-state index in [-0.39, 0.29) is 140 Å². The van der Waals surface area contributed by atoms with E-state index in [2.05, 4.69) is 0 Å². The Morgan fingerprint density at radius 1 is 0.487 bits per heavy atom. The maximum absolute atomic E-state index is 12.1. The summed E-state index contributed by atoms with van der Waals surface area (Å²) in [7, 11) is -4.55. The van der Waals surface area contributed by atoms with Crippen molar-refractivity contribution in [2.24, 2.45) is 0 Å². The van der Waals surface area contributed by atoms with Crippen molar-refractivity contribution < 1.29 is 146 Å². The molecule has 0 rings (SSSR count). The first kappa shape index (κ1) is 45.0. The molecule has 9 nitrogen and oxygen atoms in total. The molecule has 0 saturated heterocycles. The third-order valence-corrected chi connectivity index (χ3v) is 11.8. The molecular formula is C26H48K2O9Si2. The average Bonchev–Trinajstić information content (AvgIpc) is 2.79. The summed E-state index contributed by atoms with van der Waals surface area (Å²) in [4.78, 5) is 44.9. The van der Waals surface area contributed by atoms with Gasteiger partial charge < -0.3 is 33.4 Å². The van der Waals surface area contributed by atoms with E-state index in [0.717, 1.165) is 64.2 Å². The van der Waals surface area contributed by atoms with Crippen LogP contribution in [0.3, 0.4) is 0 Å². The van der Waals surface area contributed by atoms with Crippen molar-refractivity contribution >= 4 is 40.5 Å². The smallest absolute Gasteiger partial charge is 0.550 e. The molecule has 216 valence electrons. The van der Waals surface area contributed by atoms with E-state index in [4.69, 9.17) is 13.6 Å². The number of carboxylic acids is 2. The van der Waals surface area contributed by atoms with Crippen LogP contribution in [-0.4, -0.2) is 53.0 Å². The second-order valence-corrected chi connectivity index (χ2v) is 19.4. The zero-order valence-electron chi connectivity index (χ0n) is 25.4. The molecule has 0 radical (unpaired) electrons. The van der Waals surface area contributed by atoms with Crippen LogP contribution in [0.4, 0.5) is 0 Å². The van der Waals surface area contributed by atoms with Crippen LogP contribution in [-0.2, 0) is 32.8 Å². The second kappa shape index (κ2) is 27.1. The maximum atomic E-state index is 12.1. The van der Waals surface area contributed by atoms with E-state index in [1.54, 1.807) is 0 Å². The molecule has 0 fully saturated rings. The van der Waals surface area contributed by atoms with E-state index in [0.29, 0.717) is 25.7 Å². The van der Waals surface area contributed by atoms with Crippen molar-refractivity contribution in [3.05, 3.63) is 0 Å². The molecule has 0 unspecified atom stereocenters. The van der Waals surface area contributed by atoms with Gasteiger partial charge in [-0.3, -0.25) is 9.59 Å². The Bertz CT molecular complexity index is 636. The van der Waals surface area contributed by atoms with Crippen LogP contribution in [0.5, 0.6) is 0 Å². The van der Waals surface area contributed by atoms with Crippen LogP contribution in [0, 0.1) is 0 Å². The molecule has 0 heterocycles. The molecule has 0 spiro atoms. The minimum atomic E-state index is -2.27. The SMILES string of the molecule is C[Si](C)(COC(=O)CCCCCCCCC(=O)[O-])O[Si](C)(C)COC(=O)CCCCCCCCC(=O)[O-].[K+].[K+]. The van der Waals surface area contributed by atoms with Crippen molar-refractivity contribution in [1.82, 2.24) is 0 Å². The Kier molecular flexibility index (Phi) is 31.3. The fourth-order valence-electron chi connectivity index (χ4n) is 3.95. The normalized spacial score (nSPS) is 11.2. The van der Waals surface area contributed by atoms with Gasteiger partial charge in [-0.15, -0.1) is 0 Å². The summed E-state index contributed by atoms with van der Waals surface area (Å²) in [6.07, 6.45) is 11.6. The number of aliphatic carboxylic acids is 2. The van der Waals surface area contributed by atoms with Crippen molar-refractivity contribution in [3.63, 3.8) is 0 Å². The molecule has 0 aliphatic heterocycles. The van der Waals surface area contributed by atoms with Gasteiger partial charge in [-0.1, -0.05) is 51.4 Å². The number of carbonyl (C=O) groups is 4. The molecular weight excluding hydrogens is 591 g/mol. The van der Waals surface area contributed by atoms with Gasteiger partial charge in [0.1, 0.15) is 12.5 Å². The van der Waals surface area contributed by atoms with Gasteiger partial charge in [-0.25, -0.2) is 0 Å². The Morgan fingerprint density at radius 2 is 0.744 bits per heavy atom. The second-order valence-electron chi connectivity index (χ2n) is 10.9. The first-order valence-electron chi connectivity index (χ1n) is 13.7. The zero-order valence-corrected chi connectivity index (χ0v) is 33.6. The summed E-state index contributed by atoms with van der Waals surface area (Å²) < 4.78 is 17.3. The Balaban J connectivity index is -0.00000648. The van der Waals surface area contributed by atoms with E-state index < -0.39 is 28.6 Å². The maximum Gasteiger partial charge on any atom is 1.00 e. The molecule has 0 aromatic carbocycles. The molecule has 0 aromatic heterocycles. The zero-order chi connectivity index (χ0) is 28.2. The van der Waals surface area contributed by atoms with Crippen molar-refractivity contribution in [1.29, 1.82) is 0 Å². The minimum absolute atomic E-state index is 0. The van der Waals surface area contributed by atoms with Gasteiger partial charge in [-0.2, -0.15) is 0 Å². The van der Waals surface area contributed by atoms with Gasteiger partial charge in [0.25, 0.3) is 0 Å². The van der Waals surface area contributed by atoms with Gasteiger partial charge >= 0.3 is 115 Å². The summed E-state index contributed by atoms with van der Waals surface area (Å²) in [6, 6.07) is 0. The molecule has 0 amide bonds. The summed E-state index contributed by atoms with van der Waals surface area (Å²) in [5.41, 5.74) is 0. The molecule has 0 N–H and O–H groups in total. The first-order chi connectivity index (χ1) is 17.3. The number of ether oxygens (including phenoxy) is 2. The Hall–Kier alpha value is 1.55. The molecule has 0 aliphatic carbocycles. The third kappa shape index (κ3) is 32.3. The van der Waals surface area contributed by atoms with Gasteiger partial charge in [0, 0.05) is 24.8 Å². The standard InChI is InChI=1S/C26H50O9Si2.2K/c1-36(2,21-33-25(31)19-15-11-7-5-9-13-17-23(27)28)35-37(3,4)22-34-26(32)20-16-12-8-6-10-14-18-24(29)30;;/h5-22H2,1-4H3,(H,27,28)(H,29,30);;/q;2*+1/p-2. The molecule has 0 bridgehead atoms. The van der Waals surface area contributed by atoms with Crippen molar-refractivity contribution in [3.8, 4) is 0 Å². The minimum Gasteiger partial charge on any atom is -0.550 e. The molecule has 0 aliphatic rings. The van der Waals surface area contributed by atoms with E-state index >= 15 is 0 Å². The largest absolute Gasteiger partial charge is 1.00 e. The summed E-state index contributed by atoms with van der Waals surface area (Å²) >= 11 is 0. The predicted molar refractivity (Wildman–Crippen MR) is 142 cm³/mol. The molecule has 0 atom stereocenters. The van der Waals surface area contributed by atoms with Gasteiger partial charge in [-0.05, 0) is 64.7 Å². The number of hydrogen-bond acceptors (Lipinski definition) is 9. The van der Waals surface area contributed by atoms with Crippen molar-refractivity contribution in [2.45, 2.75) is 129 Å². The molecule has 13 heteroatoms. The monoisotopic (exact) mass is 638 g/mol. The quantitative estimate of drug-likeness (QED) is 0.0629. The fraction of sp³-hybridized carbons (Fsp3) is 0.846. The van der Waals surface area contributed by atoms with Crippen molar-refractivity contribution in [2.75, 3.05) is 12.5 Å². The van der Waals surface area contributed by atoms with Crippen LogP contribution in [0.2, 0.25) is 26.2 Å². The third-order valence-electron chi connectivity index (χ3n) is 5.74. The van der Waals surface area contributed by atoms with Crippen LogP contribution in [0.25, 0.3) is 0 Å². The number of carboxylic acid groups (broad SMARTS) is 2. The number of esters is 2. The topological polar surface area (TPSA) is 142 Å². The van der Waals surface area contributed by atoms with Crippen LogP contribution in [0.15, 0.2) is 0 Å². The first-order valence-corrected chi connectivity index (χ1v) is 20.0. The average molecular weight is 639 g/mol. The number of carbonyl (C=O) groups excluding carboxylic acids is 4. The predicted octanol–water partition coefficient (Wildman–Crippen LogP) is -2.67. The number of rotatable bonds is 24. The molecule has 39 heavy (non-hydrogen) atoms. The van der Waals surface area contributed by atoms with Gasteiger partial charge in [0.15, 0.2) is 0 Å². The summed E-state index contributed by atoms with van der Waals surface area (Å²) in [5, 5.41) is 20.7. The number of unbranched alkanes of at least 4 members (excludes halogenated alkanes) is 10. The van der Waals surface area contributed by atoms with E-state index in [1.165, 1.54) is 0 Å². The van der Waals surface area contributed by atoms with Gasteiger partial charge in [0.2, 0.25) is 16.6 Å². The van der Waals surface area contributed by atoms with Gasteiger partial charge in [0.05, 0.1) is 0 Å². The number of hydrogen-bond donors (Lipinski definition) is 0. The Labute approximate surface area is 322 Å². The summed E-state index contributed by atoms with van der Waals surface area (Å²) in [6.45, 7) is 7.99. The van der Waals surface area contributed by atoms with Crippen LogP contribution in [0.1, 0.15) is 103 Å². The fourth-order valence-corrected chi connectivity index (χ4v) is 11.4. The molecule has 0 aromatic rings. The van der Waals surface area contributed by atoms with Crippen LogP contribution < -0.4 is 113 Å². The molecule has 0 saturated carbocycles.